The minimum atomic E-state index is -2.98. The Balaban J connectivity index is 1.49. The van der Waals surface area contributed by atoms with Crippen LogP contribution < -0.4 is 9.64 Å². The fourth-order valence-electron chi connectivity index (χ4n) is 4.69. The van der Waals surface area contributed by atoms with Gasteiger partial charge < -0.3 is 9.64 Å². The summed E-state index contributed by atoms with van der Waals surface area (Å²) < 4.78 is 31.2. The number of fused-ring (bicyclic) bond motifs is 1. The van der Waals surface area contributed by atoms with Gasteiger partial charge in [-0.05, 0) is 38.0 Å². The molecule has 1 fully saturated rings. The molecule has 1 atom stereocenters. The molecule has 10 heteroatoms. The van der Waals surface area contributed by atoms with Gasteiger partial charge in [-0.15, -0.1) is 11.3 Å². The van der Waals surface area contributed by atoms with Crippen LogP contribution in [0.3, 0.4) is 0 Å². The molecule has 34 heavy (non-hydrogen) atoms. The maximum atomic E-state index is 12.0. The van der Waals surface area contributed by atoms with Crippen LogP contribution in [0.15, 0.2) is 36.0 Å². The van der Waals surface area contributed by atoms with E-state index in [-0.39, 0.29) is 17.5 Å². The molecular weight excluding hydrogens is 470 g/mol. The molecule has 1 aromatic carbocycles. The number of hydrogen-bond donors (Lipinski definition) is 0. The molecule has 1 aliphatic heterocycles. The van der Waals surface area contributed by atoms with Crippen molar-refractivity contribution in [2.75, 3.05) is 30.6 Å². The Kier molecular flexibility index (Phi) is 5.81. The second-order valence-corrected chi connectivity index (χ2v) is 11.8. The van der Waals surface area contributed by atoms with Gasteiger partial charge in [0.25, 0.3) is 0 Å². The van der Waals surface area contributed by atoms with Crippen LogP contribution in [0.2, 0.25) is 0 Å². The molecule has 0 spiro atoms. The van der Waals surface area contributed by atoms with E-state index in [4.69, 9.17) is 9.84 Å². The monoisotopic (exact) mass is 497 g/mol. The molecule has 8 nitrogen and oxygen atoms in total. The van der Waals surface area contributed by atoms with Gasteiger partial charge >= 0.3 is 0 Å². The molecule has 4 heterocycles. The number of rotatable bonds is 6. The zero-order chi connectivity index (χ0) is 24.0. The van der Waals surface area contributed by atoms with E-state index in [0.29, 0.717) is 13.0 Å². The summed E-state index contributed by atoms with van der Waals surface area (Å²) in [5, 5.41) is 7.86. The van der Waals surface area contributed by atoms with Gasteiger partial charge in [-0.1, -0.05) is 12.1 Å². The molecule has 5 rings (SSSR count). The Morgan fingerprint density at radius 3 is 2.65 bits per heavy atom. The molecule has 3 aromatic heterocycles. The minimum absolute atomic E-state index is 0.0907. The van der Waals surface area contributed by atoms with Crippen LogP contribution in [0.1, 0.15) is 29.4 Å². The second-order valence-electron chi connectivity index (χ2n) is 8.76. The first kappa shape index (κ1) is 22.8. The number of sulfone groups is 1. The molecule has 0 saturated carbocycles. The summed E-state index contributed by atoms with van der Waals surface area (Å²) in [5.74, 6) is 2.06. The van der Waals surface area contributed by atoms with Gasteiger partial charge in [0.1, 0.15) is 22.7 Å². The average Bonchev–Trinajstić information content (AvgIpc) is 3.50. The maximum Gasteiger partial charge on any atom is 0.152 e. The molecule has 1 unspecified atom stereocenters. The summed E-state index contributed by atoms with van der Waals surface area (Å²) >= 11 is 1.60. The van der Waals surface area contributed by atoms with E-state index in [2.05, 4.69) is 20.2 Å². The lowest BCUT2D eigenvalue weighted by atomic mass is 10.1. The van der Waals surface area contributed by atoms with E-state index in [1.54, 1.807) is 24.8 Å². The number of nitrogens with zero attached hydrogens (tertiary/aromatic N) is 5. The lowest BCUT2D eigenvalue weighted by Gasteiger charge is -2.20. The summed E-state index contributed by atoms with van der Waals surface area (Å²) in [4.78, 5) is 12.2. The molecule has 1 aliphatic rings. The largest absolute Gasteiger partial charge is 0.497 e. The number of hydrogen-bond acceptors (Lipinski definition) is 8. The Morgan fingerprint density at radius 2 is 1.97 bits per heavy atom. The van der Waals surface area contributed by atoms with Crippen LogP contribution in [0.25, 0.3) is 21.3 Å². The first-order chi connectivity index (χ1) is 16.3. The number of aromatic nitrogens is 4. The summed E-state index contributed by atoms with van der Waals surface area (Å²) in [5.41, 5.74) is 5.20. The predicted octanol–water partition coefficient (Wildman–Crippen LogP) is 4.18. The third kappa shape index (κ3) is 4.05. The Morgan fingerprint density at radius 1 is 1.21 bits per heavy atom. The fraction of sp³-hybridized carbons (Fsp3) is 0.375. The van der Waals surface area contributed by atoms with Crippen LogP contribution in [0.5, 0.6) is 5.75 Å². The lowest BCUT2D eigenvalue weighted by molar-refractivity contribution is 0.415. The lowest BCUT2D eigenvalue weighted by Crippen LogP contribution is -2.19. The molecule has 0 amide bonds. The highest BCUT2D eigenvalue weighted by atomic mass is 32.2. The van der Waals surface area contributed by atoms with Gasteiger partial charge in [-0.2, -0.15) is 5.10 Å². The molecule has 0 aliphatic carbocycles. The highest BCUT2D eigenvalue weighted by Gasteiger charge is 2.31. The molecule has 4 aromatic rings. The minimum Gasteiger partial charge on any atom is -0.497 e. The van der Waals surface area contributed by atoms with Crippen molar-refractivity contribution in [2.45, 2.75) is 32.9 Å². The van der Waals surface area contributed by atoms with E-state index in [1.807, 2.05) is 49.8 Å². The van der Waals surface area contributed by atoms with Crippen molar-refractivity contribution in [1.29, 1.82) is 0 Å². The molecule has 1 saturated heterocycles. The number of ether oxygens (including phenoxy) is 1. The van der Waals surface area contributed by atoms with Crippen LogP contribution >= 0.6 is 11.3 Å². The molecular formula is C24H27N5O3S2. The SMILES string of the molecule is COc1ccc(-c2csc3ncnc(N(C)Cc4c(C)nn(C5CCS(=O)(=O)C5)c4C)c23)cc1. The maximum absolute atomic E-state index is 12.0. The fourth-order valence-corrected chi connectivity index (χ4v) is 7.30. The van der Waals surface area contributed by atoms with E-state index < -0.39 is 9.84 Å². The van der Waals surface area contributed by atoms with Crippen molar-refractivity contribution >= 4 is 37.2 Å². The van der Waals surface area contributed by atoms with Crippen LogP contribution in [-0.4, -0.2) is 53.8 Å². The van der Waals surface area contributed by atoms with Crippen molar-refractivity contribution in [1.82, 2.24) is 19.7 Å². The zero-order valence-corrected chi connectivity index (χ0v) is 21.3. The second kappa shape index (κ2) is 8.66. The molecule has 178 valence electrons. The van der Waals surface area contributed by atoms with Crippen LogP contribution in [0, 0.1) is 13.8 Å². The highest BCUT2D eigenvalue weighted by Crippen LogP contribution is 2.38. The van der Waals surface area contributed by atoms with Gasteiger partial charge in [-0.3, -0.25) is 4.68 Å². The summed E-state index contributed by atoms with van der Waals surface area (Å²) in [6, 6.07) is 7.91. The molecule has 0 N–H and O–H groups in total. The number of aryl methyl sites for hydroxylation is 1. The van der Waals surface area contributed by atoms with Gasteiger partial charge in [0.2, 0.25) is 0 Å². The third-order valence-electron chi connectivity index (χ3n) is 6.54. The first-order valence-electron chi connectivity index (χ1n) is 11.1. The van der Waals surface area contributed by atoms with Crippen LogP contribution in [0.4, 0.5) is 5.82 Å². The third-order valence-corrected chi connectivity index (χ3v) is 9.17. The summed E-state index contributed by atoms with van der Waals surface area (Å²) in [6.45, 7) is 4.62. The number of thiophene rings is 1. The van der Waals surface area contributed by atoms with Gasteiger partial charge in [0, 0.05) is 35.8 Å². The molecule has 0 bridgehead atoms. The quantitative estimate of drug-likeness (QED) is 0.395. The van der Waals surface area contributed by atoms with Crippen molar-refractivity contribution in [3.63, 3.8) is 0 Å². The van der Waals surface area contributed by atoms with Crippen LogP contribution in [-0.2, 0) is 16.4 Å². The number of anilines is 1. The van der Waals surface area contributed by atoms with E-state index in [0.717, 1.165) is 49.9 Å². The van der Waals surface area contributed by atoms with E-state index in [1.165, 1.54) is 0 Å². The van der Waals surface area contributed by atoms with E-state index in [9.17, 15) is 8.42 Å². The number of methoxy groups -OCH3 is 1. The van der Waals surface area contributed by atoms with Gasteiger partial charge in [0.15, 0.2) is 9.84 Å². The summed E-state index contributed by atoms with van der Waals surface area (Å²) in [7, 11) is 0.703. The van der Waals surface area contributed by atoms with Crippen molar-refractivity contribution in [3.05, 3.63) is 52.9 Å². The predicted molar refractivity (Wildman–Crippen MR) is 136 cm³/mol. The number of benzene rings is 1. The zero-order valence-electron chi connectivity index (χ0n) is 19.6. The highest BCUT2D eigenvalue weighted by molar-refractivity contribution is 7.91. The van der Waals surface area contributed by atoms with Crippen molar-refractivity contribution in [2.24, 2.45) is 0 Å². The Labute approximate surface area is 203 Å². The average molecular weight is 498 g/mol. The standard InChI is InChI=1S/C24H27N5O3S2/c1-15-20(16(2)29(27-15)18-9-10-34(30,31)13-18)11-28(3)23-22-21(12-33-24(22)26-14-25-23)17-5-7-19(32-4)8-6-17/h5-8,12,14,18H,9-11,13H2,1-4H3. The van der Waals surface area contributed by atoms with Crippen molar-refractivity contribution in [3.8, 4) is 16.9 Å². The Hall–Kier alpha value is -2.98. The van der Waals surface area contributed by atoms with Gasteiger partial charge in [-0.25, -0.2) is 18.4 Å². The van der Waals surface area contributed by atoms with Gasteiger partial charge in [0.05, 0.1) is 35.7 Å². The topological polar surface area (TPSA) is 90.2 Å². The Bertz CT molecular complexity index is 1460. The first-order valence-corrected chi connectivity index (χ1v) is 13.8. The van der Waals surface area contributed by atoms with E-state index >= 15 is 0 Å². The van der Waals surface area contributed by atoms with Crippen molar-refractivity contribution < 1.29 is 13.2 Å². The summed E-state index contributed by atoms with van der Waals surface area (Å²) in [6.07, 6.45) is 2.22. The molecule has 0 radical (unpaired) electrons. The smallest absolute Gasteiger partial charge is 0.152 e. The normalized spacial score (nSPS) is 17.4.